The van der Waals surface area contributed by atoms with Crippen LogP contribution >= 0.6 is 11.6 Å². The summed E-state index contributed by atoms with van der Waals surface area (Å²) in [4.78, 5) is 11.8. The van der Waals surface area contributed by atoms with E-state index in [1.54, 1.807) is 6.21 Å². The second kappa shape index (κ2) is 6.21. The van der Waals surface area contributed by atoms with Crippen molar-refractivity contribution in [2.24, 2.45) is 5.10 Å². The average Bonchev–Trinajstić information content (AvgIpc) is 2.44. The molecule has 0 bridgehead atoms. The number of amides is 1. The van der Waals surface area contributed by atoms with Gasteiger partial charge >= 0.3 is 0 Å². The van der Waals surface area contributed by atoms with Crippen molar-refractivity contribution in [3.8, 4) is 5.75 Å². The van der Waals surface area contributed by atoms with Crippen molar-refractivity contribution in [1.82, 2.24) is 5.43 Å². The first kappa shape index (κ1) is 14.1. The van der Waals surface area contributed by atoms with Gasteiger partial charge in [0.2, 0.25) is 0 Å². The van der Waals surface area contributed by atoms with Crippen molar-refractivity contribution in [2.45, 2.75) is 6.92 Å². The lowest BCUT2D eigenvalue weighted by Gasteiger charge is -2.02. The summed E-state index contributed by atoms with van der Waals surface area (Å²) in [5, 5.41) is 13.3. The number of rotatable bonds is 3. The summed E-state index contributed by atoms with van der Waals surface area (Å²) in [5.74, 6) is -0.457. The van der Waals surface area contributed by atoms with Crippen LogP contribution in [0.2, 0.25) is 5.02 Å². The van der Waals surface area contributed by atoms with Crippen LogP contribution in [0.15, 0.2) is 47.6 Å². The minimum absolute atomic E-state index is 0.0635. The molecule has 2 aromatic rings. The van der Waals surface area contributed by atoms with Crippen LogP contribution in [0, 0.1) is 6.92 Å². The lowest BCUT2D eigenvalue weighted by Crippen LogP contribution is -2.17. The Morgan fingerprint density at radius 1 is 1.25 bits per heavy atom. The number of halogens is 1. The maximum Gasteiger partial charge on any atom is 0.271 e. The molecule has 1 amide bonds. The lowest BCUT2D eigenvalue weighted by atomic mass is 10.2. The number of hydrogen-bond donors (Lipinski definition) is 2. The fourth-order valence-electron chi connectivity index (χ4n) is 1.53. The highest BCUT2D eigenvalue weighted by atomic mass is 35.5. The van der Waals surface area contributed by atoms with Crippen LogP contribution in [0.4, 0.5) is 0 Å². The zero-order chi connectivity index (χ0) is 14.5. The smallest absolute Gasteiger partial charge is 0.271 e. The molecule has 0 spiro atoms. The predicted molar refractivity (Wildman–Crippen MR) is 79.4 cm³/mol. The monoisotopic (exact) mass is 288 g/mol. The number of aromatic hydroxyl groups is 1. The second-order valence-corrected chi connectivity index (χ2v) is 4.68. The number of carbonyl (C=O) groups excluding carboxylic acids is 1. The molecule has 2 rings (SSSR count). The van der Waals surface area contributed by atoms with Crippen LogP contribution in [0.5, 0.6) is 5.75 Å². The van der Waals surface area contributed by atoms with Gasteiger partial charge in [-0.25, -0.2) is 5.43 Å². The topological polar surface area (TPSA) is 61.7 Å². The summed E-state index contributed by atoms with van der Waals surface area (Å²) < 4.78 is 0. The molecule has 0 aromatic heterocycles. The van der Waals surface area contributed by atoms with E-state index in [2.05, 4.69) is 10.5 Å². The van der Waals surface area contributed by atoms with E-state index in [0.29, 0.717) is 5.56 Å². The maximum absolute atomic E-state index is 11.8. The Morgan fingerprint density at radius 3 is 2.60 bits per heavy atom. The third-order valence-electron chi connectivity index (χ3n) is 2.67. The molecule has 20 heavy (non-hydrogen) atoms. The highest BCUT2D eigenvalue weighted by Gasteiger charge is 2.07. The molecule has 2 N–H and O–H groups in total. The van der Waals surface area contributed by atoms with E-state index in [0.717, 1.165) is 11.1 Å². The number of nitrogens with zero attached hydrogens (tertiary/aromatic N) is 1. The molecular formula is C15H13ClN2O2. The van der Waals surface area contributed by atoms with Crippen molar-refractivity contribution in [2.75, 3.05) is 0 Å². The van der Waals surface area contributed by atoms with Crippen molar-refractivity contribution in [1.29, 1.82) is 0 Å². The number of phenols is 1. The molecule has 0 atom stereocenters. The fraction of sp³-hybridized carbons (Fsp3) is 0.0667. The maximum atomic E-state index is 11.8. The number of hydrogen-bond acceptors (Lipinski definition) is 3. The summed E-state index contributed by atoms with van der Waals surface area (Å²) in [5.41, 5.74) is 4.77. The first-order chi connectivity index (χ1) is 9.56. The third kappa shape index (κ3) is 3.59. The van der Waals surface area contributed by atoms with Crippen LogP contribution < -0.4 is 5.43 Å². The lowest BCUT2D eigenvalue weighted by molar-refractivity contribution is 0.0955. The Labute approximate surface area is 121 Å². The number of carbonyl (C=O) groups is 1. The largest absolute Gasteiger partial charge is 0.506 e. The molecule has 0 unspecified atom stereocenters. The molecule has 102 valence electrons. The first-order valence-electron chi connectivity index (χ1n) is 5.95. The van der Waals surface area contributed by atoms with E-state index in [-0.39, 0.29) is 10.8 Å². The summed E-state index contributed by atoms with van der Waals surface area (Å²) in [6, 6.07) is 11.9. The van der Waals surface area contributed by atoms with Gasteiger partial charge in [0.25, 0.3) is 5.91 Å². The fourth-order valence-corrected chi connectivity index (χ4v) is 1.71. The van der Waals surface area contributed by atoms with Gasteiger partial charge in [0.15, 0.2) is 0 Å². The summed E-state index contributed by atoms with van der Waals surface area (Å²) in [7, 11) is 0. The molecule has 0 fully saturated rings. The van der Waals surface area contributed by atoms with Crippen molar-refractivity contribution in [3.63, 3.8) is 0 Å². The molecule has 0 saturated carbocycles. The van der Waals surface area contributed by atoms with E-state index in [9.17, 15) is 9.90 Å². The van der Waals surface area contributed by atoms with Gasteiger partial charge in [0.1, 0.15) is 5.75 Å². The van der Waals surface area contributed by atoms with Gasteiger partial charge in [0, 0.05) is 5.56 Å². The number of nitrogens with one attached hydrogen (secondary N) is 1. The van der Waals surface area contributed by atoms with Gasteiger partial charge in [-0.3, -0.25) is 4.79 Å². The second-order valence-electron chi connectivity index (χ2n) is 4.28. The zero-order valence-corrected chi connectivity index (χ0v) is 11.6. The van der Waals surface area contributed by atoms with E-state index in [4.69, 9.17) is 11.6 Å². The number of phenolic OH excluding ortho intramolecular Hbond substituents is 1. The molecule has 5 heteroatoms. The molecular weight excluding hydrogens is 276 g/mol. The molecule has 0 aliphatic carbocycles. The quantitative estimate of drug-likeness (QED) is 0.673. The van der Waals surface area contributed by atoms with Gasteiger partial charge in [-0.05, 0) is 30.7 Å². The number of hydrazone groups is 1. The van der Waals surface area contributed by atoms with Gasteiger partial charge in [0.05, 0.1) is 11.2 Å². The summed E-state index contributed by atoms with van der Waals surface area (Å²) in [6.45, 7) is 2.00. The minimum Gasteiger partial charge on any atom is -0.506 e. The molecule has 0 aliphatic heterocycles. The van der Waals surface area contributed by atoms with Crippen LogP contribution in [0.25, 0.3) is 0 Å². The Morgan fingerprint density at radius 2 is 1.95 bits per heavy atom. The molecule has 0 radical (unpaired) electrons. The minimum atomic E-state index is -0.393. The SMILES string of the molecule is Cc1ccc(C=NNC(=O)c2ccc(O)c(Cl)c2)cc1. The normalized spacial score (nSPS) is 10.7. The van der Waals surface area contributed by atoms with Gasteiger partial charge in [-0.2, -0.15) is 5.10 Å². The van der Waals surface area contributed by atoms with Crippen LogP contribution in [0.3, 0.4) is 0 Å². The average molecular weight is 289 g/mol. The van der Waals surface area contributed by atoms with Crippen molar-refractivity contribution in [3.05, 3.63) is 64.2 Å². The van der Waals surface area contributed by atoms with Gasteiger partial charge in [-0.15, -0.1) is 0 Å². The standard InChI is InChI=1S/C15H13ClN2O2/c1-10-2-4-11(5-3-10)9-17-18-15(20)12-6-7-14(19)13(16)8-12/h2-9,19H,1H3,(H,18,20). The van der Waals surface area contributed by atoms with E-state index in [1.807, 2.05) is 31.2 Å². The van der Waals surface area contributed by atoms with E-state index >= 15 is 0 Å². The summed E-state index contributed by atoms with van der Waals surface area (Å²) >= 11 is 5.73. The van der Waals surface area contributed by atoms with Gasteiger partial charge < -0.3 is 5.11 Å². The van der Waals surface area contributed by atoms with Crippen LogP contribution in [-0.4, -0.2) is 17.2 Å². The highest BCUT2D eigenvalue weighted by Crippen LogP contribution is 2.23. The molecule has 0 heterocycles. The third-order valence-corrected chi connectivity index (χ3v) is 2.97. The zero-order valence-electron chi connectivity index (χ0n) is 10.8. The molecule has 4 nitrogen and oxygen atoms in total. The predicted octanol–water partition coefficient (Wildman–Crippen LogP) is 3.12. The van der Waals surface area contributed by atoms with Crippen LogP contribution in [-0.2, 0) is 0 Å². The molecule has 2 aromatic carbocycles. The van der Waals surface area contributed by atoms with E-state index < -0.39 is 5.91 Å². The van der Waals surface area contributed by atoms with Gasteiger partial charge in [-0.1, -0.05) is 41.4 Å². The van der Waals surface area contributed by atoms with Crippen molar-refractivity contribution < 1.29 is 9.90 Å². The Kier molecular flexibility index (Phi) is 4.38. The van der Waals surface area contributed by atoms with Crippen LogP contribution in [0.1, 0.15) is 21.5 Å². The molecule has 0 saturated heterocycles. The number of benzene rings is 2. The first-order valence-corrected chi connectivity index (χ1v) is 6.32. The Bertz CT molecular complexity index is 651. The Hall–Kier alpha value is -2.33. The number of aryl methyl sites for hydroxylation is 1. The van der Waals surface area contributed by atoms with E-state index in [1.165, 1.54) is 18.2 Å². The Balaban J connectivity index is 2.01. The molecule has 0 aliphatic rings. The van der Waals surface area contributed by atoms with Crippen molar-refractivity contribution >= 4 is 23.7 Å². The highest BCUT2D eigenvalue weighted by molar-refractivity contribution is 6.32. The summed E-state index contributed by atoms with van der Waals surface area (Å²) in [6.07, 6.45) is 1.55.